The number of amides is 3. The minimum absolute atomic E-state index is 0.0239. The first-order valence-corrected chi connectivity index (χ1v) is 7.43. The van der Waals surface area contributed by atoms with Crippen molar-refractivity contribution in [1.29, 1.82) is 0 Å². The number of anilines is 1. The monoisotopic (exact) mass is 347 g/mol. The molecule has 0 aliphatic rings. The Kier molecular flexibility index (Phi) is 7.34. The van der Waals surface area contributed by atoms with Crippen molar-refractivity contribution in [1.82, 2.24) is 10.6 Å². The van der Waals surface area contributed by atoms with Crippen molar-refractivity contribution in [2.24, 2.45) is 0 Å². The first-order chi connectivity index (χ1) is 11.3. The number of imide groups is 1. The van der Waals surface area contributed by atoms with Gasteiger partial charge in [0.2, 0.25) is 5.91 Å². The second kappa shape index (κ2) is 8.99. The zero-order valence-corrected chi connectivity index (χ0v) is 13.4. The number of alkyl halides is 3. The second-order valence-corrected chi connectivity index (χ2v) is 4.80. The van der Waals surface area contributed by atoms with Gasteiger partial charge in [-0.2, -0.15) is 13.2 Å². The number of benzene rings is 1. The van der Waals surface area contributed by atoms with Crippen LogP contribution in [0.15, 0.2) is 18.2 Å². The van der Waals surface area contributed by atoms with Gasteiger partial charge in [0.05, 0.1) is 24.4 Å². The molecule has 3 amide bonds. The summed E-state index contributed by atoms with van der Waals surface area (Å²) in [4.78, 5) is 23.0. The number of ether oxygens (including phenoxy) is 1. The Morgan fingerprint density at radius 1 is 1.21 bits per heavy atom. The first-order valence-electron chi connectivity index (χ1n) is 7.43. The maximum Gasteiger partial charge on any atom is 0.416 e. The molecule has 0 radical (unpaired) electrons. The number of nitrogens with one attached hydrogen (secondary N) is 3. The normalized spacial score (nSPS) is 10.9. The van der Waals surface area contributed by atoms with E-state index in [1.165, 1.54) is 6.07 Å². The fourth-order valence-electron chi connectivity index (χ4n) is 1.75. The predicted molar refractivity (Wildman–Crippen MR) is 82.9 cm³/mol. The van der Waals surface area contributed by atoms with E-state index in [4.69, 9.17) is 4.74 Å². The molecule has 3 N–H and O–H groups in total. The van der Waals surface area contributed by atoms with Gasteiger partial charge in [-0.3, -0.25) is 10.1 Å². The van der Waals surface area contributed by atoms with Gasteiger partial charge in [0.15, 0.2) is 0 Å². The van der Waals surface area contributed by atoms with Crippen molar-refractivity contribution in [2.45, 2.75) is 26.4 Å². The highest BCUT2D eigenvalue weighted by Gasteiger charge is 2.31. The smallest absolute Gasteiger partial charge is 0.416 e. The SMILES string of the molecule is CCCNC(=O)NC(=O)CNc1cc(C(F)(F)F)ccc1OCC. The molecule has 1 aromatic rings. The van der Waals surface area contributed by atoms with Gasteiger partial charge in [0, 0.05) is 6.54 Å². The van der Waals surface area contributed by atoms with Gasteiger partial charge < -0.3 is 15.4 Å². The Hall–Kier alpha value is -2.45. The maximum absolute atomic E-state index is 12.8. The van der Waals surface area contributed by atoms with E-state index in [-0.39, 0.29) is 24.6 Å². The van der Waals surface area contributed by atoms with Crippen molar-refractivity contribution >= 4 is 17.6 Å². The zero-order valence-electron chi connectivity index (χ0n) is 13.4. The van der Waals surface area contributed by atoms with Crippen LogP contribution in [0, 0.1) is 0 Å². The van der Waals surface area contributed by atoms with E-state index >= 15 is 0 Å². The average Bonchev–Trinajstić information content (AvgIpc) is 2.51. The molecule has 0 saturated carbocycles. The lowest BCUT2D eigenvalue weighted by Gasteiger charge is -2.15. The molecule has 1 aromatic carbocycles. The number of hydrogen-bond acceptors (Lipinski definition) is 4. The molecule has 0 heterocycles. The van der Waals surface area contributed by atoms with Crippen molar-refractivity contribution in [3.05, 3.63) is 23.8 Å². The third-order valence-corrected chi connectivity index (χ3v) is 2.83. The molecule has 0 saturated heterocycles. The lowest BCUT2D eigenvalue weighted by Crippen LogP contribution is -2.42. The number of halogens is 3. The van der Waals surface area contributed by atoms with E-state index in [0.29, 0.717) is 13.0 Å². The minimum atomic E-state index is -4.51. The number of urea groups is 1. The topological polar surface area (TPSA) is 79.5 Å². The summed E-state index contributed by atoms with van der Waals surface area (Å²) < 4.78 is 43.6. The first kappa shape index (κ1) is 19.6. The van der Waals surface area contributed by atoms with Crippen LogP contribution in [0.1, 0.15) is 25.8 Å². The summed E-state index contributed by atoms with van der Waals surface area (Å²) in [6.45, 7) is 3.83. The molecule has 0 aliphatic heterocycles. The van der Waals surface area contributed by atoms with E-state index in [9.17, 15) is 22.8 Å². The molecule has 0 spiro atoms. The molecule has 0 bridgehead atoms. The fraction of sp³-hybridized carbons (Fsp3) is 0.467. The molecule has 1 rings (SSSR count). The van der Waals surface area contributed by atoms with Gasteiger partial charge >= 0.3 is 12.2 Å². The van der Waals surface area contributed by atoms with Crippen molar-refractivity contribution in [2.75, 3.05) is 25.0 Å². The third-order valence-electron chi connectivity index (χ3n) is 2.83. The number of rotatable bonds is 7. The van der Waals surface area contributed by atoms with E-state index < -0.39 is 23.7 Å². The molecule has 24 heavy (non-hydrogen) atoms. The van der Waals surface area contributed by atoms with Gasteiger partial charge in [-0.15, -0.1) is 0 Å². The maximum atomic E-state index is 12.8. The summed E-state index contributed by atoms with van der Waals surface area (Å²) in [6, 6.07) is 2.28. The summed E-state index contributed by atoms with van der Waals surface area (Å²) >= 11 is 0. The number of carbonyl (C=O) groups excluding carboxylic acids is 2. The molecule has 0 fully saturated rings. The van der Waals surface area contributed by atoms with Gasteiger partial charge in [-0.25, -0.2) is 4.79 Å². The largest absolute Gasteiger partial charge is 0.492 e. The van der Waals surface area contributed by atoms with Gasteiger partial charge in [-0.1, -0.05) is 6.92 Å². The summed E-state index contributed by atoms with van der Waals surface area (Å²) in [5, 5.41) is 7.07. The standard InChI is InChI=1S/C15H20F3N3O3/c1-3-7-19-14(23)21-13(22)9-20-11-8-10(15(16,17)18)5-6-12(11)24-4-2/h5-6,8,20H,3-4,7,9H2,1-2H3,(H2,19,21,22,23). The highest BCUT2D eigenvalue weighted by Crippen LogP contribution is 2.34. The van der Waals surface area contributed by atoms with Crippen molar-refractivity contribution in [3.8, 4) is 5.75 Å². The molecule has 134 valence electrons. The lowest BCUT2D eigenvalue weighted by atomic mass is 10.1. The number of hydrogen-bond donors (Lipinski definition) is 3. The minimum Gasteiger partial charge on any atom is -0.492 e. The molecule has 0 unspecified atom stereocenters. The molecule has 9 heteroatoms. The molecule has 0 aromatic heterocycles. The second-order valence-electron chi connectivity index (χ2n) is 4.80. The van der Waals surface area contributed by atoms with Crippen LogP contribution in [-0.4, -0.2) is 31.6 Å². The van der Waals surface area contributed by atoms with Crippen LogP contribution in [0.2, 0.25) is 0 Å². The Bertz CT molecular complexity index is 577. The fourth-order valence-corrected chi connectivity index (χ4v) is 1.75. The Balaban J connectivity index is 2.74. The van der Waals surface area contributed by atoms with Crippen LogP contribution in [0.25, 0.3) is 0 Å². The summed E-state index contributed by atoms with van der Waals surface area (Å²) in [5.41, 5.74) is -0.842. The predicted octanol–water partition coefficient (Wildman–Crippen LogP) is 2.75. The molecule has 0 aliphatic carbocycles. The Morgan fingerprint density at radius 3 is 2.50 bits per heavy atom. The van der Waals surface area contributed by atoms with Crippen LogP contribution >= 0.6 is 0 Å². The van der Waals surface area contributed by atoms with Crippen molar-refractivity contribution in [3.63, 3.8) is 0 Å². The van der Waals surface area contributed by atoms with Crippen LogP contribution in [-0.2, 0) is 11.0 Å². The third kappa shape index (κ3) is 6.35. The van der Waals surface area contributed by atoms with E-state index in [1.807, 2.05) is 6.92 Å². The molecule has 0 atom stereocenters. The van der Waals surface area contributed by atoms with E-state index in [0.717, 1.165) is 12.1 Å². The quantitative estimate of drug-likeness (QED) is 0.709. The van der Waals surface area contributed by atoms with E-state index in [2.05, 4.69) is 16.0 Å². The average molecular weight is 347 g/mol. The van der Waals surface area contributed by atoms with Crippen molar-refractivity contribution < 1.29 is 27.5 Å². The van der Waals surface area contributed by atoms with Crippen LogP contribution < -0.4 is 20.7 Å². The van der Waals surface area contributed by atoms with Gasteiger partial charge in [0.1, 0.15) is 5.75 Å². The van der Waals surface area contributed by atoms with E-state index in [1.54, 1.807) is 6.92 Å². The Labute approximate surface area is 137 Å². The van der Waals surface area contributed by atoms with Gasteiger partial charge in [-0.05, 0) is 31.5 Å². The summed E-state index contributed by atoms with van der Waals surface area (Å²) in [5.74, 6) is -0.489. The number of carbonyl (C=O) groups is 2. The molecular weight excluding hydrogens is 327 g/mol. The Morgan fingerprint density at radius 2 is 1.92 bits per heavy atom. The van der Waals surface area contributed by atoms with Gasteiger partial charge in [0.25, 0.3) is 0 Å². The highest BCUT2D eigenvalue weighted by molar-refractivity contribution is 5.96. The molecular formula is C15H20F3N3O3. The zero-order chi connectivity index (χ0) is 18.2. The molecule has 6 nitrogen and oxygen atoms in total. The summed E-state index contributed by atoms with van der Waals surface area (Å²) in [7, 11) is 0. The highest BCUT2D eigenvalue weighted by atomic mass is 19.4. The lowest BCUT2D eigenvalue weighted by molar-refractivity contribution is -0.137. The van der Waals surface area contributed by atoms with Crippen LogP contribution in [0.4, 0.5) is 23.7 Å². The van der Waals surface area contributed by atoms with Crippen LogP contribution in [0.3, 0.4) is 0 Å². The summed E-state index contributed by atoms with van der Waals surface area (Å²) in [6.07, 6.45) is -3.80. The van der Waals surface area contributed by atoms with Crippen LogP contribution in [0.5, 0.6) is 5.75 Å².